The largest absolute Gasteiger partial charge is 0.381 e. The summed E-state index contributed by atoms with van der Waals surface area (Å²) in [4.78, 5) is 4.64. The summed E-state index contributed by atoms with van der Waals surface area (Å²) in [6.07, 6.45) is 0.973. The Morgan fingerprint density at radius 3 is 2.71 bits per heavy atom. The molecule has 5 nitrogen and oxygen atoms in total. The van der Waals surface area contributed by atoms with Crippen LogP contribution >= 0.6 is 0 Å². The molecule has 0 bridgehead atoms. The third-order valence-electron chi connectivity index (χ3n) is 3.28. The lowest BCUT2D eigenvalue weighted by Crippen LogP contribution is -2.38. The molecule has 0 unspecified atom stereocenters. The van der Waals surface area contributed by atoms with E-state index in [4.69, 9.17) is 9.47 Å². The van der Waals surface area contributed by atoms with Gasteiger partial charge in [0.1, 0.15) is 0 Å². The molecule has 0 heterocycles. The van der Waals surface area contributed by atoms with E-state index in [1.807, 2.05) is 6.07 Å². The number of ether oxygens (including phenoxy) is 2. The van der Waals surface area contributed by atoms with Crippen LogP contribution in [0.4, 0.5) is 0 Å². The normalized spacial score (nSPS) is 11.8. The van der Waals surface area contributed by atoms with Crippen LogP contribution in [0.15, 0.2) is 29.3 Å². The van der Waals surface area contributed by atoms with Crippen LogP contribution in [0.3, 0.4) is 0 Å². The van der Waals surface area contributed by atoms with Crippen molar-refractivity contribution >= 4 is 5.96 Å². The van der Waals surface area contributed by atoms with Gasteiger partial charge in [-0.2, -0.15) is 0 Å². The van der Waals surface area contributed by atoms with E-state index in [9.17, 15) is 0 Å². The number of methoxy groups -OCH3 is 1. The predicted molar refractivity (Wildman–Crippen MR) is 100 cm³/mol. The number of aliphatic imine (C=N–C) groups is 1. The van der Waals surface area contributed by atoms with Crippen LogP contribution in [0.2, 0.25) is 0 Å². The highest BCUT2D eigenvalue weighted by Crippen LogP contribution is 2.07. The predicted octanol–water partition coefficient (Wildman–Crippen LogP) is 2.95. The van der Waals surface area contributed by atoms with E-state index in [1.165, 1.54) is 11.1 Å². The maximum Gasteiger partial charge on any atom is 0.191 e. The lowest BCUT2D eigenvalue weighted by molar-refractivity contribution is 0.108. The molecule has 1 aromatic rings. The van der Waals surface area contributed by atoms with Gasteiger partial charge in [0, 0.05) is 33.4 Å². The maximum absolute atomic E-state index is 5.59. The molecule has 0 saturated heterocycles. The molecule has 24 heavy (non-hydrogen) atoms. The molecule has 0 aliphatic rings. The van der Waals surface area contributed by atoms with E-state index in [-0.39, 0.29) is 0 Å². The van der Waals surface area contributed by atoms with Gasteiger partial charge in [-0.1, -0.05) is 38.1 Å². The zero-order chi connectivity index (χ0) is 17.6. The summed E-state index contributed by atoms with van der Waals surface area (Å²) in [5.41, 5.74) is 2.35. The number of hydrogen-bond acceptors (Lipinski definition) is 3. The molecule has 1 rings (SSSR count). The number of guanidine groups is 1. The highest BCUT2D eigenvalue weighted by atomic mass is 16.5. The SMILES string of the molecule is CCNC(=NCc1cccc(COC)c1)NCCCOCC(C)C. The zero-order valence-electron chi connectivity index (χ0n) is 15.6. The summed E-state index contributed by atoms with van der Waals surface area (Å²) in [5, 5.41) is 6.63. The summed E-state index contributed by atoms with van der Waals surface area (Å²) < 4.78 is 10.8. The molecule has 2 N–H and O–H groups in total. The highest BCUT2D eigenvalue weighted by molar-refractivity contribution is 5.79. The van der Waals surface area contributed by atoms with Gasteiger partial charge in [0.2, 0.25) is 0 Å². The first-order valence-corrected chi connectivity index (χ1v) is 8.82. The van der Waals surface area contributed by atoms with Crippen molar-refractivity contribution in [2.24, 2.45) is 10.9 Å². The second kappa shape index (κ2) is 12.8. The summed E-state index contributed by atoms with van der Waals surface area (Å²) in [6.45, 7) is 11.0. The van der Waals surface area contributed by atoms with E-state index in [2.05, 4.69) is 54.6 Å². The van der Waals surface area contributed by atoms with Gasteiger partial charge in [-0.3, -0.25) is 0 Å². The van der Waals surface area contributed by atoms with Gasteiger partial charge in [-0.15, -0.1) is 0 Å². The Balaban J connectivity index is 2.40. The Bertz CT molecular complexity index is 475. The average Bonchev–Trinajstić information content (AvgIpc) is 2.56. The van der Waals surface area contributed by atoms with Crippen LogP contribution in [-0.2, 0) is 22.6 Å². The highest BCUT2D eigenvalue weighted by Gasteiger charge is 1.99. The van der Waals surface area contributed by atoms with Crippen molar-refractivity contribution in [3.05, 3.63) is 35.4 Å². The number of nitrogens with zero attached hydrogens (tertiary/aromatic N) is 1. The molecule has 0 aromatic heterocycles. The quantitative estimate of drug-likeness (QED) is 0.371. The van der Waals surface area contributed by atoms with Crippen molar-refractivity contribution < 1.29 is 9.47 Å². The Hall–Kier alpha value is -1.59. The first-order chi connectivity index (χ1) is 11.7. The molecule has 0 fully saturated rings. The summed E-state index contributed by atoms with van der Waals surface area (Å²) >= 11 is 0. The maximum atomic E-state index is 5.59. The monoisotopic (exact) mass is 335 g/mol. The molecule has 0 spiro atoms. The molecule has 0 amide bonds. The van der Waals surface area contributed by atoms with Crippen molar-refractivity contribution in [1.29, 1.82) is 0 Å². The first kappa shape index (κ1) is 20.5. The molecule has 136 valence electrons. The number of nitrogens with one attached hydrogen (secondary N) is 2. The molecule has 0 radical (unpaired) electrons. The van der Waals surface area contributed by atoms with Crippen molar-refractivity contribution in [2.45, 2.75) is 40.3 Å². The molecular formula is C19H33N3O2. The van der Waals surface area contributed by atoms with Crippen molar-refractivity contribution in [3.63, 3.8) is 0 Å². The minimum atomic E-state index is 0.589. The van der Waals surface area contributed by atoms with Crippen LogP contribution in [0, 0.1) is 5.92 Å². The molecule has 1 aromatic carbocycles. The molecular weight excluding hydrogens is 302 g/mol. The Kier molecular flexibility index (Phi) is 10.9. The van der Waals surface area contributed by atoms with Gasteiger partial charge < -0.3 is 20.1 Å². The zero-order valence-corrected chi connectivity index (χ0v) is 15.6. The lowest BCUT2D eigenvalue weighted by Gasteiger charge is -2.12. The van der Waals surface area contributed by atoms with Gasteiger partial charge in [-0.25, -0.2) is 4.99 Å². The Morgan fingerprint density at radius 1 is 1.21 bits per heavy atom. The average molecular weight is 335 g/mol. The second-order valence-electron chi connectivity index (χ2n) is 6.20. The topological polar surface area (TPSA) is 54.9 Å². The summed E-state index contributed by atoms with van der Waals surface area (Å²) in [5.74, 6) is 1.43. The molecule has 0 aliphatic carbocycles. The van der Waals surface area contributed by atoms with Crippen LogP contribution < -0.4 is 10.6 Å². The van der Waals surface area contributed by atoms with Crippen molar-refractivity contribution in [2.75, 3.05) is 33.4 Å². The van der Waals surface area contributed by atoms with E-state index >= 15 is 0 Å². The second-order valence-corrected chi connectivity index (χ2v) is 6.20. The van der Waals surface area contributed by atoms with E-state index < -0.39 is 0 Å². The van der Waals surface area contributed by atoms with Crippen LogP contribution in [0.5, 0.6) is 0 Å². The number of hydrogen-bond donors (Lipinski definition) is 2. The van der Waals surface area contributed by atoms with Gasteiger partial charge in [0.05, 0.1) is 13.2 Å². The van der Waals surface area contributed by atoms with Crippen LogP contribution in [0.25, 0.3) is 0 Å². The van der Waals surface area contributed by atoms with Gasteiger partial charge in [-0.05, 0) is 30.4 Å². The summed E-state index contributed by atoms with van der Waals surface area (Å²) in [6, 6.07) is 8.34. The minimum Gasteiger partial charge on any atom is -0.381 e. The van der Waals surface area contributed by atoms with E-state index in [0.29, 0.717) is 19.1 Å². The van der Waals surface area contributed by atoms with E-state index in [0.717, 1.165) is 38.7 Å². The molecule has 5 heteroatoms. The first-order valence-electron chi connectivity index (χ1n) is 8.82. The van der Waals surface area contributed by atoms with Crippen molar-refractivity contribution in [3.8, 4) is 0 Å². The fourth-order valence-corrected chi connectivity index (χ4v) is 2.20. The van der Waals surface area contributed by atoms with Gasteiger partial charge in [0.25, 0.3) is 0 Å². The number of rotatable bonds is 11. The number of benzene rings is 1. The third kappa shape index (κ3) is 9.53. The van der Waals surface area contributed by atoms with Crippen LogP contribution in [0.1, 0.15) is 38.3 Å². The lowest BCUT2D eigenvalue weighted by atomic mass is 10.1. The standard InChI is InChI=1S/C19H33N3O2/c1-5-20-19(21-10-7-11-24-14-16(2)3)22-13-17-8-6-9-18(12-17)15-23-4/h6,8-9,12,16H,5,7,10-11,13-15H2,1-4H3,(H2,20,21,22). The van der Waals surface area contributed by atoms with Crippen LogP contribution in [-0.4, -0.2) is 39.4 Å². The molecule has 0 atom stereocenters. The Morgan fingerprint density at radius 2 is 2.00 bits per heavy atom. The molecule has 0 saturated carbocycles. The Labute approximate surface area is 146 Å². The minimum absolute atomic E-state index is 0.589. The van der Waals surface area contributed by atoms with Crippen molar-refractivity contribution in [1.82, 2.24) is 10.6 Å². The third-order valence-corrected chi connectivity index (χ3v) is 3.28. The van der Waals surface area contributed by atoms with Gasteiger partial charge in [0.15, 0.2) is 5.96 Å². The van der Waals surface area contributed by atoms with Gasteiger partial charge >= 0.3 is 0 Å². The fourth-order valence-electron chi connectivity index (χ4n) is 2.20. The molecule has 0 aliphatic heterocycles. The van der Waals surface area contributed by atoms with E-state index in [1.54, 1.807) is 7.11 Å². The summed E-state index contributed by atoms with van der Waals surface area (Å²) in [7, 11) is 1.71. The smallest absolute Gasteiger partial charge is 0.191 e. The fraction of sp³-hybridized carbons (Fsp3) is 0.632.